The van der Waals surface area contributed by atoms with Gasteiger partial charge >= 0.3 is 5.97 Å². The Bertz CT molecular complexity index is 1240. The van der Waals surface area contributed by atoms with E-state index in [1.54, 1.807) is 10.7 Å². The molecule has 4 aromatic rings. The van der Waals surface area contributed by atoms with Crippen LogP contribution in [0.25, 0.3) is 16.3 Å². The maximum atomic E-state index is 12.9. The molecule has 0 aliphatic heterocycles. The minimum atomic E-state index is -0.614. The molecular weight excluding hydrogens is 422 g/mol. The summed E-state index contributed by atoms with van der Waals surface area (Å²) in [5.41, 5.74) is 5.46. The Hall–Kier alpha value is -3.71. The van der Waals surface area contributed by atoms with Gasteiger partial charge in [-0.1, -0.05) is 42.0 Å². The standard InChI is InChI=1S/C25H23N3O3S/c1-16-12-17(2)24(18(3)13-16)26-23(29)15-31-25(30)21-14-20(22-10-7-11-32-22)27-28(21)19-8-5-4-6-9-19/h4-14H,15H2,1-3H3,(H,26,29). The van der Waals surface area contributed by atoms with E-state index >= 15 is 0 Å². The number of esters is 1. The number of aryl methyl sites for hydroxylation is 3. The first-order valence-electron chi connectivity index (χ1n) is 10.2. The van der Waals surface area contributed by atoms with Crippen LogP contribution in [0.2, 0.25) is 0 Å². The first-order valence-corrected chi connectivity index (χ1v) is 11.0. The Kier molecular flexibility index (Phi) is 6.18. The van der Waals surface area contributed by atoms with Gasteiger partial charge in [-0.2, -0.15) is 5.10 Å². The molecule has 2 heterocycles. The molecule has 0 saturated heterocycles. The van der Waals surface area contributed by atoms with Crippen molar-refractivity contribution in [2.24, 2.45) is 0 Å². The summed E-state index contributed by atoms with van der Waals surface area (Å²) in [5.74, 6) is -1.01. The fraction of sp³-hybridized carbons (Fsp3) is 0.160. The summed E-state index contributed by atoms with van der Waals surface area (Å²) in [4.78, 5) is 26.3. The molecule has 2 aromatic carbocycles. The van der Waals surface area contributed by atoms with E-state index in [4.69, 9.17) is 4.74 Å². The SMILES string of the molecule is Cc1cc(C)c(NC(=O)COC(=O)c2cc(-c3cccs3)nn2-c2ccccc2)c(C)c1. The highest BCUT2D eigenvalue weighted by Crippen LogP contribution is 2.26. The number of hydrogen-bond donors (Lipinski definition) is 1. The van der Waals surface area contributed by atoms with E-state index < -0.39 is 11.9 Å². The molecule has 0 bridgehead atoms. The zero-order valence-electron chi connectivity index (χ0n) is 18.1. The molecule has 0 fully saturated rings. The average molecular weight is 446 g/mol. The Balaban J connectivity index is 1.52. The molecule has 1 amide bonds. The summed E-state index contributed by atoms with van der Waals surface area (Å²) in [6.07, 6.45) is 0. The Labute approximate surface area is 190 Å². The fourth-order valence-corrected chi connectivity index (χ4v) is 4.28. The zero-order chi connectivity index (χ0) is 22.7. The number of nitrogens with one attached hydrogen (secondary N) is 1. The Morgan fingerprint density at radius 2 is 1.72 bits per heavy atom. The van der Waals surface area contributed by atoms with Gasteiger partial charge in [-0.05, 0) is 55.5 Å². The fourth-order valence-electron chi connectivity index (χ4n) is 3.59. The van der Waals surface area contributed by atoms with Crippen molar-refractivity contribution >= 4 is 28.9 Å². The lowest BCUT2D eigenvalue weighted by Gasteiger charge is -2.13. The second-order valence-electron chi connectivity index (χ2n) is 7.54. The predicted molar refractivity (Wildman–Crippen MR) is 126 cm³/mol. The summed E-state index contributed by atoms with van der Waals surface area (Å²) in [6.45, 7) is 5.49. The minimum Gasteiger partial charge on any atom is -0.451 e. The first-order chi connectivity index (χ1) is 15.4. The van der Waals surface area contributed by atoms with Crippen molar-refractivity contribution in [1.82, 2.24) is 9.78 Å². The number of thiophene rings is 1. The summed E-state index contributed by atoms with van der Waals surface area (Å²) in [5, 5.41) is 9.40. The van der Waals surface area contributed by atoms with Crippen molar-refractivity contribution in [2.75, 3.05) is 11.9 Å². The Morgan fingerprint density at radius 3 is 2.38 bits per heavy atom. The van der Waals surface area contributed by atoms with Crippen LogP contribution >= 0.6 is 11.3 Å². The third-order valence-corrected chi connectivity index (χ3v) is 5.86. The average Bonchev–Trinajstić information content (AvgIpc) is 3.45. The molecule has 0 aliphatic rings. The normalized spacial score (nSPS) is 10.7. The molecule has 0 spiro atoms. The topological polar surface area (TPSA) is 73.2 Å². The number of aromatic nitrogens is 2. The number of anilines is 1. The summed E-state index contributed by atoms with van der Waals surface area (Å²) < 4.78 is 6.90. The molecule has 162 valence electrons. The van der Waals surface area contributed by atoms with Crippen LogP contribution in [0.4, 0.5) is 5.69 Å². The van der Waals surface area contributed by atoms with Crippen LogP contribution in [0.3, 0.4) is 0 Å². The van der Waals surface area contributed by atoms with E-state index in [1.807, 2.05) is 80.7 Å². The number of rotatable bonds is 6. The van der Waals surface area contributed by atoms with E-state index in [2.05, 4.69) is 10.4 Å². The van der Waals surface area contributed by atoms with Crippen molar-refractivity contribution in [3.8, 4) is 16.3 Å². The lowest BCUT2D eigenvalue weighted by molar-refractivity contribution is -0.119. The van der Waals surface area contributed by atoms with E-state index in [0.717, 1.165) is 32.9 Å². The molecule has 1 N–H and O–H groups in total. The largest absolute Gasteiger partial charge is 0.451 e. The lowest BCUT2D eigenvalue weighted by Crippen LogP contribution is -2.23. The third kappa shape index (κ3) is 4.63. The van der Waals surface area contributed by atoms with Crippen LogP contribution in [0.1, 0.15) is 27.2 Å². The molecule has 6 nitrogen and oxygen atoms in total. The predicted octanol–water partition coefficient (Wildman–Crippen LogP) is 5.32. The number of benzene rings is 2. The second kappa shape index (κ2) is 9.20. The van der Waals surface area contributed by atoms with Crippen molar-refractivity contribution in [3.05, 3.63) is 88.4 Å². The van der Waals surface area contributed by atoms with Gasteiger partial charge in [-0.15, -0.1) is 11.3 Å². The number of hydrogen-bond acceptors (Lipinski definition) is 5. The molecule has 2 aromatic heterocycles. The maximum absolute atomic E-state index is 12.9. The zero-order valence-corrected chi connectivity index (χ0v) is 18.9. The van der Waals surface area contributed by atoms with Gasteiger partial charge < -0.3 is 10.1 Å². The molecule has 0 unspecified atom stereocenters. The van der Waals surface area contributed by atoms with E-state index in [9.17, 15) is 9.59 Å². The van der Waals surface area contributed by atoms with E-state index in [-0.39, 0.29) is 12.3 Å². The monoisotopic (exact) mass is 445 g/mol. The van der Waals surface area contributed by atoms with Crippen LogP contribution in [0.5, 0.6) is 0 Å². The van der Waals surface area contributed by atoms with Gasteiger partial charge in [0.1, 0.15) is 5.69 Å². The molecule has 32 heavy (non-hydrogen) atoms. The Morgan fingerprint density at radius 1 is 1.00 bits per heavy atom. The van der Waals surface area contributed by atoms with Gasteiger partial charge in [0.2, 0.25) is 0 Å². The van der Waals surface area contributed by atoms with Crippen LogP contribution in [-0.4, -0.2) is 28.3 Å². The molecule has 0 aliphatic carbocycles. The van der Waals surface area contributed by atoms with Gasteiger partial charge in [-0.3, -0.25) is 4.79 Å². The molecule has 0 atom stereocenters. The van der Waals surface area contributed by atoms with Gasteiger partial charge in [0.05, 0.1) is 10.6 Å². The van der Waals surface area contributed by atoms with Crippen molar-refractivity contribution in [2.45, 2.75) is 20.8 Å². The number of carbonyl (C=O) groups is 2. The summed E-state index contributed by atoms with van der Waals surface area (Å²) in [6, 6.07) is 18.9. The van der Waals surface area contributed by atoms with Crippen LogP contribution in [0, 0.1) is 20.8 Å². The quantitative estimate of drug-likeness (QED) is 0.408. The van der Waals surface area contributed by atoms with Gasteiger partial charge in [0, 0.05) is 11.8 Å². The van der Waals surface area contributed by atoms with Crippen molar-refractivity contribution in [1.29, 1.82) is 0 Å². The number of para-hydroxylation sites is 1. The van der Waals surface area contributed by atoms with Crippen molar-refractivity contribution in [3.63, 3.8) is 0 Å². The molecule has 7 heteroatoms. The molecule has 0 radical (unpaired) electrons. The number of carbonyl (C=O) groups excluding carboxylic acids is 2. The lowest BCUT2D eigenvalue weighted by atomic mass is 10.1. The highest BCUT2D eigenvalue weighted by Gasteiger charge is 2.20. The van der Waals surface area contributed by atoms with Crippen LogP contribution in [-0.2, 0) is 9.53 Å². The van der Waals surface area contributed by atoms with Gasteiger partial charge in [0.25, 0.3) is 5.91 Å². The highest BCUT2D eigenvalue weighted by atomic mass is 32.1. The third-order valence-electron chi connectivity index (χ3n) is 4.97. The smallest absolute Gasteiger partial charge is 0.357 e. The first kappa shape index (κ1) is 21.5. The van der Waals surface area contributed by atoms with E-state index in [1.165, 1.54) is 11.3 Å². The van der Waals surface area contributed by atoms with Crippen molar-refractivity contribution < 1.29 is 14.3 Å². The second-order valence-corrected chi connectivity index (χ2v) is 8.49. The maximum Gasteiger partial charge on any atom is 0.357 e. The van der Waals surface area contributed by atoms with E-state index in [0.29, 0.717) is 5.69 Å². The minimum absolute atomic E-state index is 0.259. The number of ether oxygens (including phenoxy) is 1. The summed E-state index contributed by atoms with van der Waals surface area (Å²) >= 11 is 1.54. The van der Waals surface area contributed by atoms with Gasteiger partial charge in [0.15, 0.2) is 12.3 Å². The number of nitrogens with zero attached hydrogens (tertiary/aromatic N) is 2. The molecule has 0 saturated carbocycles. The van der Waals surface area contributed by atoms with Gasteiger partial charge in [-0.25, -0.2) is 9.48 Å². The number of amides is 1. The highest BCUT2D eigenvalue weighted by molar-refractivity contribution is 7.13. The van der Waals surface area contributed by atoms with Crippen LogP contribution in [0.15, 0.2) is 66.0 Å². The summed E-state index contributed by atoms with van der Waals surface area (Å²) in [7, 11) is 0. The molecule has 4 rings (SSSR count). The van der Waals surface area contributed by atoms with Crippen LogP contribution < -0.4 is 5.32 Å². The molecular formula is C25H23N3O3S.